The molecule has 0 amide bonds. The average Bonchev–Trinajstić information content (AvgIpc) is 2.86. The van der Waals surface area contributed by atoms with Gasteiger partial charge in [0.2, 0.25) is 0 Å². The zero-order chi connectivity index (χ0) is 10.7. The van der Waals surface area contributed by atoms with Crippen LogP contribution in [0.4, 0.5) is 0 Å². The molecule has 4 nitrogen and oxygen atoms in total. The number of hydrogen-bond donors (Lipinski definition) is 2. The summed E-state index contributed by atoms with van der Waals surface area (Å²) in [5, 5.41) is 7.83. The molecule has 1 aromatic heterocycles. The van der Waals surface area contributed by atoms with E-state index in [1.807, 2.05) is 19.1 Å². The van der Waals surface area contributed by atoms with E-state index in [0.29, 0.717) is 11.2 Å². The van der Waals surface area contributed by atoms with Crippen LogP contribution >= 0.6 is 12.2 Å². The minimum Gasteiger partial charge on any atom is -0.463 e. The van der Waals surface area contributed by atoms with Crippen LogP contribution in [0.1, 0.15) is 25.5 Å². The third-order valence-corrected chi connectivity index (χ3v) is 2.32. The summed E-state index contributed by atoms with van der Waals surface area (Å²) in [6.45, 7) is 1.87. The molecule has 1 heterocycles. The molecule has 0 aliphatic heterocycles. The third-order valence-electron chi connectivity index (χ3n) is 2.12. The minimum absolute atomic E-state index is 0.545. The first kappa shape index (κ1) is 10.2. The molecule has 1 aromatic rings. The summed E-state index contributed by atoms with van der Waals surface area (Å²) in [7, 11) is 0. The van der Waals surface area contributed by atoms with E-state index in [4.69, 9.17) is 16.6 Å². The lowest BCUT2D eigenvalue weighted by molar-refractivity contribution is 0.556. The Kier molecular flexibility index (Phi) is 3.01. The summed E-state index contributed by atoms with van der Waals surface area (Å²) in [4.78, 5) is 0. The van der Waals surface area contributed by atoms with E-state index >= 15 is 0 Å². The third kappa shape index (κ3) is 3.06. The molecule has 0 saturated heterocycles. The molecule has 1 aliphatic rings. The smallest absolute Gasteiger partial charge is 0.187 e. The van der Waals surface area contributed by atoms with Gasteiger partial charge in [0.25, 0.3) is 0 Å². The largest absolute Gasteiger partial charge is 0.463 e. The standard InChI is InChI=1S/C10H13N3OS/c1-7(9-3-2-6-14-9)12-13-10(15)11-8-4-5-8/h2-3,6,8H,4-5H2,1H3,(H2,11,13,15)/b12-7+. The zero-order valence-electron chi connectivity index (χ0n) is 8.49. The Morgan fingerprint density at radius 1 is 1.60 bits per heavy atom. The molecule has 0 bridgehead atoms. The summed E-state index contributed by atoms with van der Waals surface area (Å²) in [5.41, 5.74) is 3.57. The van der Waals surface area contributed by atoms with Gasteiger partial charge in [0.15, 0.2) is 5.11 Å². The second-order valence-electron chi connectivity index (χ2n) is 3.53. The highest BCUT2D eigenvalue weighted by molar-refractivity contribution is 7.80. The lowest BCUT2D eigenvalue weighted by Gasteiger charge is -2.05. The van der Waals surface area contributed by atoms with Gasteiger partial charge in [-0.1, -0.05) is 0 Å². The van der Waals surface area contributed by atoms with Crippen molar-refractivity contribution in [3.8, 4) is 0 Å². The summed E-state index contributed by atoms with van der Waals surface area (Å²) in [5.74, 6) is 0.747. The Hall–Kier alpha value is -1.36. The summed E-state index contributed by atoms with van der Waals surface area (Å²) >= 11 is 5.06. The molecule has 1 fully saturated rings. The van der Waals surface area contributed by atoms with Crippen molar-refractivity contribution in [2.75, 3.05) is 0 Å². The summed E-state index contributed by atoms with van der Waals surface area (Å²) in [6.07, 6.45) is 4.01. The quantitative estimate of drug-likeness (QED) is 0.464. The van der Waals surface area contributed by atoms with Crippen molar-refractivity contribution < 1.29 is 4.42 Å². The lowest BCUT2D eigenvalue weighted by Crippen LogP contribution is -2.33. The Labute approximate surface area is 93.7 Å². The van der Waals surface area contributed by atoms with E-state index in [1.54, 1.807) is 6.26 Å². The Morgan fingerprint density at radius 3 is 3.00 bits per heavy atom. The zero-order valence-corrected chi connectivity index (χ0v) is 9.30. The molecular formula is C10H13N3OS. The first-order valence-corrected chi connectivity index (χ1v) is 5.31. The molecule has 1 saturated carbocycles. The number of thiocarbonyl (C=S) groups is 1. The van der Waals surface area contributed by atoms with Crippen LogP contribution in [0.3, 0.4) is 0 Å². The number of hydrazone groups is 1. The molecule has 80 valence electrons. The Bertz CT molecular complexity index is 368. The maximum atomic E-state index is 5.19. The molecule has 0 unspecified atom stereocenters. The summed E-state index contributed by atoms with van der Waals surface area (Å²) in [6, 6.07) is 4.23. The molecule has 15 heavy (non-hydrogen) atoms. The van der Waals surface area contributed by atoms with E-state index in [9.17, 15) is 0 Å². The summed E-state index contributed by atoms with van der Waals surface area (Å²) < 4.78 is 5.19. The number of rotatable bonds is 3. The topological polar surface area (TPSA) is 49.6 Å². The number of furan rings is 1. The second-order valence-corrected chi connectivity index (χ2v) is 3.94. The number of nitrogens with one attached hydrogen (secondary N) is 2. The van der Waals surface area contributed by atoms with Crippen LogP contribution in [0.5, 0.6) is 0 Å². The van der Waals surface area contributed by atoms with Crippen molar-refractivity contribution in [1.82, 2.24) is 10.7 Å². The maximum absolute atomic E-state index is 5.19. The van der Waals surface area contributed by atoms with Gasteiger partial charge in [-0.3, -0.25) is 5.43 Å². The van der Waals surface area contributed by atoms with Crippen LogP contribution in [0, 0.1) is 0 Å². The van der Waals surface area contributed by atoms with Gasteiger partial charge in [-0.15, -0.1) is 0 Å². The fourth-order valence-electron chi connectivity index (χ4n) is 1.12. The van der Waals surface area contributed by atoms with Gasteiger partial charge in [0, 0.05) is 6.04 Å². The molecule has 0 atom stereocenters. The molecule has 2 N–H and O–H groups in total. The number of hydrogen-bond acceptors (Lipinski definition) is 3. The van der Waals surface area contributed by atoms with Crippen molar-refractivity contribution in [1.29, 1.82) is 0 Å². The van der Waals surface area contributed by atoms with Gasteiger partial charge in [-0.25, -0.2) is 0 Å². The lowest BCUT2D eigenvalue weighted by atomic mass is 10.3. The fourth-order valence-corrected chi connectivity index (χ4v) is 1.33. The molecule has 0 spiro atoms. The van der Waals surface area contributed by atoms with Crippen molar-refractivity contribution in [3.05, 3.63) is 24.2 Å². The molecule has 0 radical (unpaired) electrons. The van der Waals surface area contributed by atoms with Gasteiger partial charge in [-0.2, -0.15) is 5.10 Å². The normalized spacial score (nSPS) is 16.2. The van der Waals surface area contributed by atoms with Gasteiger partial charge >= 0.3 is 0 Å². The van der Waals surface area contributed by atoms with Crippen LogP contribution in [0.15, 0.2) is 27.9 Å². The molecular weight excluding hydrogens is 210 g/mol. The first-order chi connectivity index (χ1) is 7.25. The second kappa shape index (κ2) is 4.44. The van der Waals surface area contributed by atoms with Crippen LogP contribution in [0.2, 0.25) is 0 Å². The minimum atomic E-state index is 0.545. The van der Waals surface area contributed by atoms with Crippen molar-refractivity contribution in [2.45, 2.75) is 25.8 Å². The highest BCUT2D eigenvalue weighted by atomic mass is 32.1. The Balaban J connectivity index is 1.84. The molecule has 5 heteroatoms. The van der Waals surface area contributed by atoms with E-state index in [0.717, 1.165) is 11.5 Å². The average molecular weight is 223 g/mol. The van der Waals surface area contributed by atoms with Crippen molar-refractivity contribution >= 4 is 23.0 Å². The monoisotopic (exact) mass is 223 g/mol. The van der Waals surface area contributed by atoms with E-state index in [1.165, 1.54) is 12.8 Å². The van der Waals surface area contributed by atoms with Crippen LogP contribution in [0.25, 0.3) is 0 Å². The SMILES string of the molecule is C/C(=N\NC(=S)NC1CC1)c1ccco1. The number of nitrogens with zero attached hydrogens (tertiary/aromatic N) is 1. The van der Waals surface area contributed by atoms with Gasteiger partial charge < -0.3 is 9.73 Å². The first-order valence-electron chi connectivity index (χ1n) is 4.90. The van der Waals surface area contributed by atoms with Crippen molar-refractivity contribution in [2.24, 2.45) is 5.10 Å². The van der Waals surface area contributed by atoms with Crippen LogP contribution < -0.4 is 10.7 Å². The highest BCUT2D eigenvalue weighted by Gasteiger charge is 2.21. The van der Waals surface area contributed by atoms with Gasteiger partial charge in [0.05, 0.1) is 6.26 Å². The van der Waals surface area contributed by atoms with E-state index < -0.39 is 0 Å². The predicted octanol–water partition coefficient (Wildman–Crippen LogP) is 1.63. The van der Waals surface area contributed by atoms with Crippen LogP contribution in [-0.2, 0) is 0 Å². The highest BCUT2D eigenvalue weighted by Crippen LogP contribution is 2.18. The predicted molar refractivity (Wildman–Crippen MR) is 62.8 cm³/mol. The van der Waals surface area contributed by atoms with Gasteiger partial charge in [-0.05, 0) is 44.1 Å². The molecule has 1 aliphatic carbocycles. The fraction of sp³-hybridized carbons (Fsp3) is 0.400. The molecule has 2 rings (SSSR count). The van der Waals surface area contributed by atoms with Crippen LogP contribution in [-0.4, -0.2) is 16.9 Å². The van der Waals surface area contributed by atoms with Crippen molar-refractivity contribution in [3.63, 3.8) is 0 Å². The van der Waals surface area contributed by atoms with E-state index in [-0.39, 0.29) is 0 Å². The van der Waals surface area contributed by atoms with Gasteiger partial charge in [0.1, 0.15) is 11.5 Å². The van der Waals surface area contributed by atoms with E-state index in [2.05, 4.69) is 15.8 Å². The Morgan fingerprint density at radius 2 is 2.40 bits per heavy atom. The maximum Gasteiger partial charge on any atom is 0.187 e. The molecule has 0 aromatic carbocycles.